The van der Waals surface area contributed by atoms with Gasteiger partial charge in [-0.2, -0.15) is 5.10 Å². The third-order valence-corrected chi connectivity index (χ3v) is 5.13. The maximum Gasteiger partial charge on any atom is 0.243 e. The van der Waals surface area contributed by atoms with Gasteiger partial charge in [0.05, 0.1) is 26.0 Å². The summed E-state index contributed by atoms with van der Waals surface area (Å²) in [5.41, 5.74) is 2.94. The highest BCUT2D eigenvalue weighted by Crippen LogP contribution is 2.30. The van der Waals surface area contributed by atoms with E-state index in [1.165, 1.54) is 5.01 Å². The van der Waals surface area contributed by atoms with Crippen molar-refractivity contribution in [2.75, 3.05) is 19.0 Å². The fourth-order valence-corrected chi connectivity index (χ4v) is 3.24. The number of nitrogens with zero attached hydrogens (tertiary/aromatic N) is 2. The minimum atomic E-state index is -0.465. The zero-order valence-corrected chi connectivity index (χ0v) is 19.4. The van der Waals surface area contributed by atoms with Gasteiger partial charge in [-0.15, -0.1) is 0 Å². The average molecular weight is 438 g/mol. The number of anilines is 1. The van der Waals surface area contributed by atoms with E-state index in [0.717, 1.165) is 22.5 Å². The maximum absolute atomic E-state index is 12.5. The molecule has 170 valence electrons. The van der Waals surface area contributed by atoms with Gasteiger partial charge in [0.15, 0.2) is 11.5 Å². The molecule has 2 amide bonds. The van der Waals surface area contributed by atoms with Crippen LogP contribution in [0.15, 0.2) is 47.6 Å². The topological polar surface area (TPSA) is 80.2 Å². The van der Waals surface area contributed by atoms with E-state index in [0.29, 0.717) is 37.5 Å². The minimum absolute atomic E-state index is 0.0163. The predicted molar refractivity (Wildman–Crippen MR) is 125 cm³/mol. The van der Waals surface area contributed by atoms with E-state index < -0.39 is 5.41 Å². The normalized spacial score (nSPS) is 14.1. The molecule has 0 radical (unpaired) electrons. The van der Waals surface area contributed by atoms with Crippen LogP contribution in [0.2, 0.25) is 0 Å². The van der Waals surface area contributed by atoms with E-state index in [4.69, 9.17) is 9.47 Å². The lowest BCUT2D eigenvalue weighted by molar-refractivity contribution is -0.132. The first-order valence-electron chi connectivity index (χ1n) is 10.8. The van der Waals surface area contributed by atoms with Crippen LogP contribution in [0.3, 0.4) is 0 Å². The summed E-state index contributed by atoms with van der Waals surface area (Å²) < 4.78 is 11.0. The Balaban J connectivity index is 1.75. The largest absolute Gasteiger partial charge is 0.493 e. The second-order valence-electron chi connectivity index (χ2n) is 8.70. The third kappa shape index (κ3) is 5.66. The van der Waals surface area contributed by atoms with Gasteiger partial charge >= 0.3 is 0 Å². The monoisotopic (exact) mass is 437 g/mol. The maximum atomic E-state index is 12.5. The molecular formula is C25H31N3O4. The number of hydrazone groups is 1. The van der Waals surface area contributed by atoms with Crippen molar-refractivity contribution in [2.24, 2.45) is 10.5 Å². The fourth-order valence-electron chi connectivity index (χ4n) is 3.24. The molecule has 2 aromatic carbocycles. The number of hydrogen-bond donors (Lipinski definition) is 1. The van der Waals surface area contributed by atoms with E-state index >= 15 is 0 Å². The standard InChI is InChI=1S/C25H31N3O4/c1-6-32-22-15-18(9-13-21(22)31-5)20-12-14-23(29)28(27-20)16-17-7-10-19(11-8-17)26-24(30)25(2,3)4/h7-11,13,15H,6,12,14,16H2,1-5H3,(H,26,30). The molecule has 3 rings (SSSR count). The lowest BCUT2D eigenvalue weighted by Crippen LogP contribution is -2.31. The molecule has 0 aliphatic carbocycles. The third-order valence-electron chi connectivity index (χ3n) is 5.13. The van der Waals surface area contributed by atoms with Crippen LogP contribution >= 0.6 is 0 Å². The summed E-state index contributed by atoms with van der Waals surface area (Å²) in [5, 5.41) is 9.03. The SMILES string of the molecule is CCOc1cc(C2=NN(Cc3ccc(NC(=O)C(C)(C)C)cc3)C(=O)CC2)ccc1OC. The molecule has 1 N–H and O–H groups in total. The Bertz CT molecular complexity index is 1010. The van der Waals surface area contributed by atoms with Crippen LogP contribution in [0, 0.1) is 5.41 Å². The smallest absolute Gasteiger partial charge is 0.243 e. The summed E-state index contributed by atoms with van der Waals surface area (Å²) in [6, 6.07) is 13.2. The number of amides is 2. The number of carbonyl (C=O) groups is 2. The highest BCUT2D eigenvalue weighted by atomic mass is 16.5. The zero-order chi connectivity index (χ0) is 23.3. The minimum Gasteiger partial charge on any atom is -0.493 e. The van der Waals surface area contributed by atoms with Crippen molar-refractivity contribution in [3.05, 3.63) is 53.6 Å². The molecule has 0 bridgehead atoms. The van der Waals surface area contributed by atoms with Crippen molar-refractivity contribution in [3.8, 4) is 11.5 Å². The highest BCUT2D eigenvalue weighted by molar-refractivity contribution is 6.04. The summed E-state index contributed by atoms with van der Waals surface area (Å²) in [4.78, 5) is 24.6. The van der Waals surface area contributed by atoms with E-state index in [1.54, 1.807) is 7.11 Å². The molecule has 2 aromatic rings. The van der Waals surface area contributed by atoms with Crippen molar-refractivity contribution in [2.45, 2.75) is 47.1 Å². The quantitative estimate of drug-likeness (QED) is 0.686. The average Bonchev–Trinajstić information content (AvgIpc) is 2.76. The number of carbonyl (C=O) groups excluding carboxylic acids is 2. The Morgan fingerprint density at radius 1 is 1.09 bits per heavy atom. The summed E-state index contributed by atoms with van der Waals surface area (Å²) in [5.74, 6) is 1.26. The summed E-state index contributed by atoms with van der Waals surface area (Å²) in [6.07, 6.45) is 0.972. The van der Waals surface area contributed by atoms with Gasteiger partial charge in [-0.05, 0) is 42.8 Å². The molecule has 0 spiro atoms. The zero-order valence-electron chi connectivity index (χ0n) is 19.4. The van der Waals surface area contributed by atoms with Gasteiger partial charge in [-0.3, -0.25) is 9.59 Å². The van der Waals surface area contributed by atoms with Crippen molar-refractivity contribution < 1.29 is 19.1 Å². The second-order valence-corrected chi connectivity index (χ2v) is 8.70. The van der Waals surface area contributed by atoms with Gasteiger partial charge in [0, 0.05) is 29.5 Å². The second kappa shape index (κ2) is 9.85. The molecule has 7 heteroatoms. The number of ether oxygens (including phenoxy) is 2. The first-order chi connectivity index (χ1) is 15.2. The summed E-state index contributed by atoms with van der Waals surface area (Å²) >= 11 is 0. The molecule has 0 saturated carbocycles. The molecule has 1 aliphatic rings. The lowest BCUT2D eigenvalue weighted by atomic mass is 9.95. The number of benzene rings is 2. The van der Waals surface area contributed by atoms with Crippen LogP contribution in [-0.2, 0) is 16.1 Å². The Labute approximate surface area is 189 Å². The van der Waals surface area contributed by atoms with Crippen LogP contribution in [0.25, 0.3) is 0 Å². The van der Waals surface area contributed by atoms with Gasteiger partial charge in [0.1, 0.15) is 0 Å². The molecule has 0 aromatic heterocycles. The Kier molecular flexibility index (Phi) is 7.18. The lowest BCUT2D eigenvalue weighted by Gasteiger charge is -2.24. The van der Waals surface area contributed by atoms with Crippen LogP contribution in [-0.4, -0.2) is 36.3 Å². The number of methoxy groups -OCH3 is 1. The van der Waals surface area contributed by atoms with Crippen LogP contribution in [0.4, 0.5) is 5.69 Å². The van der Waals surface area contributed by atoms with Gasteiger partial charge < -0.3 is 14.8 Å². The van der Waals surface area contributed by atoms with Crippen LogP contribution in [0.5, 0.6) is 11.5 Å². The molecule has 7 nitrogen and oxygen atoms in total. The molecule has 0 atom stereocenters. The van der Waals surface area contributed by atoms with Crippen molar-refractivity contribution in [1.29, 1.82) is 0 Å². The van der Waals surface area contributed by atoms with Gasteiger partial charge in [-0.1, -0.05) is 32.9 Å². The predicted octanol–water partition coefficient (Wildman–Crippen LogP) is 4.61. The van der Waals surface area contributed by atoms with Crippen LogP contribution < -0.4 is 14.8 Å². The van der Waals surface area contributed by atoms with E-state index in [-0.39, 0.29) is 11.8 Å². The molecular weight excluding hydrogens is 406 g/mol. The number of rotatable bonds is 7. The van der Waals surface area contributed by atoms with Crippen molar-refractivity contribution in [1.82, 2.24) is 5.01 Å². The molecule has 0 fully saturated rings. The van der Waals surface area contributed by atoms with Gasteiger partial charge in [0.2, 0.25) is 11.8 Å². The Morgan fingerprint density at radius 3 is 2.44 bits per heavy atom. The van der Waals surface area contributed by atoms with E-state index in [9.17, 15) is 9.59 Å². The summed E-state index contributed by atoms with van der Waals surface area (Å²) in [6.45, 7) is 8.43. The molecule has 1 heterocycles. The van der Waals surface area contributed by atoms with Gasteiger partial charge in [-0.25, -0.2) is 5.01 Å². The first-order valence-corrected chi connectivity index (χ1v) is 10.8. The Hall–Kier alpha value is -3.35. The number of nitrogens with one attached hydrogen (secondary N) is 1. The molecule has 1 aliphatic heterocycles. The molecule has 0 saturated heterocycles. The molecule has 32 heavy (non-hydrogen) atoms. The Morgan fingerprint density at radius 2 is 1.81 bits per heavy atom. The summed E-state index contributed by atoms with van der Waals surface area (Å²) in [7, 11) is 1.61. The van der Waals surface area contributed by atoms with Crippen LogP contribution in [0.1, 0.15) is 51.7 Å². The highest BCUT2D eigenvalue weighted by Gasteiger charge is 2.23. The van der Waals surface area contributed by atoms with E-state index in [2.05, 4.69) is 10.4 Å². The first kappa shape index (κ1) is 23.3. The van der Waals surface area contributed by atoms with Gasteiger partial charge in [0.25, 0.3) is 0 Å². The fraction of sp³-hybridized carbons (Fsp3) is 0.400. The number of hydrogen-bond acceptors (Lipinski definition) is 5. The van der Waals surface area contributed by atoms with Crippen molar-refractivity contribution >= 4 is 23.2 Å². The van der Waals surface area contributed by atoms with E-state index in [1.807, 2.05) is 70.2 Å². The molecule has 0 unspecified atom stereocenters. The van der Waals surface area contributed by atoms with Crippen molar-refractivity contribution in [3.63, 3.8) is 0 Å².